The van der Waals surface area contributed by atoms with E-state index in [1.54, 1.807) is 0 Å². The molecule has 94 valence electrons. The third-order valence-corrected chi connectivity index (χ3v) is 2.91. The van der Waals surface area contributed by atoms with Gasteiger partial charge in [-0.05, 0) is 38.4 Å². The lowest BCUT2D eigenvalue weighted by atomic mass is 9.96. The standard InChI is InChI=1S/C12H14F3NO/c1-12(5-2-6-16-7-12)17-9-4-3-8(13)10(14)11(9)15/h3-4,16H,2,5-7H2,1H3. The van der Waals surface area contributed by atoms with Crippen LogP contribution in [0.1, 0.15) is 19.8 Å². The summed E-state index contributed by atoms with van der Waals surface area (Å²) in [5, 5.41) is 3.13. The summed E-state index contributed by atoms with van der Waals surface area (Å²) >= 11 is 0. The van der Waals surface area contributed by atoms with Crippen LogP contribution in [0.3, 0.4) is 0 Å². The molecule has 1 fully saturated rings. The van der Waals surface area contributed by atoms with Crippen molar-refractivity contribution >= 4 is 0 Å². The van der Waals surface area contributed by atoms with Gasteiger partial charge in [-0.15, -0.1) is 0 Å². The minimum absolute atomic E-state index is 0.241. The Morgan fingerprint density at radius 3 is 2.65 bits per heavy atom. The van der Waals surface area contributed by atoms with Gasteiger partial charge in [0.05, 0.1) is 0 Å². The molecule has 17 heavy (non-hydrogen) atoms. The monoisotopic (exact) mass is 245 g/mol. The molecule has 0 radical (unpaired) electrons. The molecule has 1 aromatic rings. The first kappa shape index (κ1) is 12.2. The van der Waals surface area contributed by atoms with Gasteiger partial charge in [0.1, 0.15) is 5.60 Å². The first-order valence-corrected chi connectivity index (χ1v) is 5.55. The van der Waals surface area contributed by atoms with E-state index in [9.17, 15) is 13.2 Å². The molecule has 2 nitrogen and oxygen atoms in total. The zero-order valence-corrected chi connectivity index (χ0v) is 9.53. The highest BCUT2D eigenvalue weighted by molar-refractivity contribution is 5.27. The number of rotatable bonds is 2. The lowest BCUT2D eigenvalue weighted by molar-refractivity contribution is 0.0562. The summed E-state index contributed by atoms with van der Waals surface area (Å²) in [7, 11) is 0. The van der Waals surface area contributed by atoms with Crippen molar-refractivity contribution in [3.8, 4) is 5.75 Å². The number of ether oxygens (including phenoxy) is 1. The quantitative estimate of drug-likeness (QED) is 0.809. The molecule has 1 unspecified atom stereocenters. The Morgan fingerprint density at radius 1 is 1.24 bits per heavy atom. The number of benzene rings is 1. The van der Waals surface area contributed by atoms with Gasteiger partial charge in [-0.25, -0.2) is 8.78 Å². The van der Waals surface area contributed by atoms with Gasteiger partial charge in [0.2, 0.25) is 5.82 Å². The Bertz CT molecular complexity index is 416. The first-order chi connectivity index (χ1) is 8.02. The topological polar surface area (TPSA) is 21.3 Å². The van der Waals surface area contributed by atoms with Crippen LogP contribution in [0.5, 0.6) is 5.75 Å². The van der Waals surface area contributed by atoms with Gasteiger partial charge in [0.15, 0.2) is 17.4 Å². The first-order valence-electron chi connectivity index (χ1n) is 5.55. The van der Waals surface area contributed by atoms with Gasteiger partial charge in [0.25, 0.3) is 0 Å². The molecule has 0 aliphatic carbocycles. The Balaban J connectivity index is 2.21. The molecule has 0 amide bonds. The summed E-state index contributed by atoms with van der Waals surface area (Å²) in [5.41, 5.74) is -0.580. The molecular weight excluding hydrogens is 231 g/mol. The van der Waals surface area contributed by atoms with Crippen molar-refractivity contribution in [3.63, 3.8) is 0 Å². The second-order valence-corrected chi connectivity index (χ2v) is 4.51. The molecule has 0 saturated carbocycles. The molecule has 0 spiro atoms. The third-order valence-electron chi connectivity index (χ3n) is 2.91. The Kier molecular flexibility index (Phi) is 3.28. The molecule has 0 aromatic heterocycles. The van der Waals surface area contributed by atoms with Crippen LogP contribution in [-0.2, 0) is 0 Å². The predicted octanol–water partition coefficient (Wildman–Crippen LogP) is 2.62. The second-order valence-electron chi connectivity index (χ2n) is 4.51. The smallest absolute Gasteiger partial charge is 0.203 e. The normalized spacial score (nSPS) is 24.7. The summed E-state index contributed by atoms with van der Waals surface area (Å²) in [6.45, 7) is 3.27. The van der Waals surface area contributed by atoms with Crippen molar-refractivity contribution in [2.45, 2.75) is 25.4 Å². The van der Waals surface area contributed by atoms with Crippen LogP contribution in [0.25, 0.3) is 0 Å². The summed E-state index contributed by atoms with van der Waals surface area (Å²) in [5.74, 6) is -4.21. The lowest BCUT2D eigenvalue weighted by Crippen LogP contribution is -2.47. The molecule has 1 heterocycles. The Labute approximate surface area is 97.8 Å². The zero-order valence-electron chi connectivity index (χ0n) is 9.53. The highest BCUT2D eigenvalue weighted by atomic mass is 19.2. The fourth-order valence-electron chi connectivity index (χ4n) is 1.97. The fourth-order valence-corrected chi connectivity index (χ4v) is 1.97. The maximum atomic E-state index is 13.4. The molecule has 1 aliphatic rings. The zero-order chi connectivity index (χ0) is 12.5. The van der Waals surface area contributed by atoms with Crippen LogP contribution in [0.2, 0.25) is 0 Å². The second kappa shape index (κ2) is 4.56. The molecular formula is C12H14F3NO. The summed E-state index contributed by atoms with van der Waals surface area (Å²) < 4.78 is 44.7. The lowest BCUT2D eigenvalue weighted by Gasteiger charge is -2.34. The average molecular weight is 245 g/mol. The minimum atomic E-state index is -1.49. The number of hydrogen-bond acceptors (Lipinski definition) is 2. The maximum absolute atomic E-state index is 13.4. The molecule has 1 saturated heterocycles. The van der Waals surface area contributed by atoms with Crippen molar-refractivity contribution in [1.29, 1.82) is 0 Å². The number of hydrogen-bond donors (Lipinski definition) is 1. The molecule has 1 aromatic carbocycles. The van der Waals surface area contributed by atoms with Gasteiger partial charge < -0.3 is 10.1 Å². The molecule has 1 atom stereocenters. The SMILES string of the molecule is CC1(Oc2ccc(F)c(F)c2F)CCCNC1. The van der Waals surface area contributed by atoms with E-state index in [2.05, 4.69) is 5.32 Å². The number of nitrogens with one attached hydrogen (secondary N) is 1. The summed E-state index contributed by atoms with van der Waals surface area (Å²) in [6.07, 6.45) is 1.65. The van der Waals surface area contributed by atoms with Gasteiger partial charge in [0, 0.05) is 6.54 Å². The van der Waals surface area contributed by atoms with Crippen molar-refractivity contribution in [2.75, 3.05) is 13.1 Å². The molecule has 1 N–H and O–H groups in total. The molecule has 1 aliphatic heterocycles. The highest BCUT2D eigenvalue weighted by Gasteiger charge is 2.30. The predicted molar refractivity (Wildman–Crippen MR) is 57.5 cm³/mol. The fraction of sp³-hybridized carbons (Fsp3) is 0.500. The maximum Gasteiger partial charge on any atom is 0.203 e. The van der Waals surface area contributed by atoms with E-state index in [-0.39, 0.29) is 5.75 Å². The number of piperidine rings is 1. The van der Waals surface area contributed by atoms with Crippen LogP contribution in [0, 0.1) is 17.5 Å². The minimum Gasteiger partial charge on any atom is -0.483 e. The molecule has 5 heteroatoms. The molecule has 2 rings (SSSR count). The van der Waals surface area contributed by atoms with Crippen molar-refractivity contribution in [3.05, 3.63) is 29.6 Å². The largest absolute Gasteiger partial charge is 0.483 e. The van der Waals surface area contributed by atoms with E-state index < -0.39 is 23.1 Å². The van der Waals surface area contributed by atoms with Crippen molar-refractivity contribution in [1.82, 2.24) is 5.32 Å². The van der Waals surface area contributed by atoms with Crippen molar-refractivity contribution < 1.29 is 17.9 Å². The van der Waals surface area contributed by atoms with E-state index in [1.807, 2.05) is 6.92 Å². The van der Waals surface area contributed by atoms with Crippen molar-refractivity contribution in [2.24, 2.45) is 0 Å². The van der Waals surface area contributed by atoms with Gasteiger partial charge in [-0.1, -0.05) is 0 Å². The van der Waals surface area contributed by atoms with E-state index >= 15 is 0 Å². The van der Waals surface area contributed by atoms with Gasteiger partial charge in [-0.2, -0.15) is 4.39 Å². The van der Waals surface area contributed by atoms with Crippen LogP contribution in [-0.4, -0.2) is 18.7 Å². The average Bonchev–Trinajstić information content (AvgIpc) is 2.31. The van der Waals surface area contributed by atoms with Gasteiger partial charge >= 0.3 is 0 Å². The third kappa shape index (κ3) is 2.54. The Morgan fingerprint density at radius 2 is 2.00 bits per heavy atom. The van der Waals surface area contributed by atoms with E-state index in [1.165, 1.54) is 0 Å². The van der Waals surface area contributed by atoms with E-state index in [0.717, 1.165) is 31.5 Å². The van der Waals surface area contributed by atoms with Crippen LogP contribution in [0.4, 0.5) is 13.2 Å². The van der Waals surface area contributed by atoms with Gasteiger partial charge in [-0.3, -0.25) is 0 Å². The van der Waals surface area contributed by atoms with Crippen LogP contribution in [0.15, 0.2) is 12.1 Å². The highest BCUT2D eigenvalue weighted by Crippen LogP contribution is 2.28. The van der Waals surface area contributed by atoms with E-state index in [0.29, 0.717) is 6.54 Å². The summed E-state index contributed by atoms with van der Waals surface area (Å²) in [4.78, 5) is 0. The number of halogens is 3. The van der Waals surface area contributed by atoms with Crippen LogP contribution >= 0.6 is 0 Å². The Hall–Kier alpha value is -1.23. The van der Waals surface area contributed by atoms with Crippen LogP contribution < -0.4 is 10.1 Å². The van der Waals surface area contributed by atoms with E-state index in [4.69, 9.17) is 4.74 Å². The summed E-state index contributed by atoms with van der Waals surface area (Å²) in [6, 6.07) is 1.99. The molecule has 0 bridgehead atoms.